The first kappa shape index (κ1) is 23.1. The Balaban J connectivity index is 1.80. The van der Waals surface area contributed by atoms with Crippen molar-refractivity contribution in [1.82, 2.24) is 4.90 Å². The number of carbonyl (C=O) groups excluding carboxylic acids is 2. The lowest BCUT2D eigenvalue weighted by Gasteiger charge is -2.28. The molecule has 1 aliphatic heterocycles. The number of hydrogen-bond acceptors (Lipinski definition) is 5. The summed E-state index contributed by atoms with van der Waals surface area (Å²) in [5, 5.41) is 0. The molecule has 2 N–H and O–H groups in total. The van der Waals surface area contributed by atoms with Gasteiger partial charge in [-0.2, -0.15) is 8.78 Å². The second kappa shape index (κ2) is 9.28. The van der Waals surface area contributed by atoms with E-state index < -0.39 is 30.3 Å². The van der Waals surface area contributed by atoms with E-state index in [1.807, 2.05) is 0 Å². The van der Waals surface area contributed by atoms with Gasteiger partial charge in [-0.25, -0.2) is 4.79 Å². The predicted molar refractivity (Wildman–Crippen MR) is 109 cm³/mol. The Hall–Kier alpha value is -2.58. The minimum atomic E-state index is -2.96. The molecule has 172 valence electrons. The van der Waals surface area contributed by atoms with Crippen LogP contribution in [0, 0.1) is 5.92 Å². The number of likely N-dealkylation sites (tertiary alicyclic amines) is 1. The average molecular weight is 440 g/mol. The Morgan fingerprint density at radius 1 is 1.23 bits per heavy atom. The van der Waals surface area contributed by atoms with Crippen LogP contribution < -0.4 is 15.2 Å². The molecule has 0 aromatic heterocycles. The molecule has 0 bridgehead atoms. The molecule has 1 saturated heterocycles. The van der Waals surface area contributed by atoms with Crippen molar-refractivity contribution < 1.29 is 32.6 Å². The van der Waals surface area contributed by atoms with Crippen molar-refractivity contribution in [2.24, 2.45) is 11.7 Å². The van der Waals surface area contributed by atoms with Crippen molar-refractivity contribution in [3.8, 4) is 11.5 Å². The zero-order valence-electron chi connectivity index (χ0n) is 18.1. The molecule has 1 heterocycles. The maximum atomic E-state index is 12.8. The maximum Gasteiger partial charge on any atom is 0.410 e. The van der Waals surface area contributed by atoms with Crippen LogP contribution in [-0.4, -0.2) is 48.3 Å². The van der Waals surface area contributed by atoms with Crippen LogP contribution >= 0.6 is 0 Å². The normalized spacial score (nSPS) is 21.3. The Kier molecular flexibility index (Phi) is 6.91. The molecule has 31 heavy (non-hydrogen) atoms. The van der Waals surface area contributed by atoms with E-state index in [0.29, 0.717) is 25.5 Å². The van der Waals surface area contributed by atoms with Crippen LogP contribution in [0.3, 0.4) is 0 Å². The van der Waals surface area contributed by atoms with Crippen molar-refractivity contribution in [2.45, 2.75) is 70.6 Å². The molecule has 1 saturated carbocycles. The number of amides is 2. The van der Waals surface area contributed by atoms with Crippen LogP contribution in [-0.2, 0) is 9.53 Å². The SMILES string of the molecule is CC(C)(C)OC(=O)N1CC(c2ccc(OC(F)F)c(OCC3CC3)c2)CC1CC(N)=O. The molecular weight excluding hydrogens is 410 g/mol. The van der Waals surface area contributed by atoms with E-state index in [-0.39, 0.29) is 23.8 Å². The van der Waals surface area contributed by atoms with Crippen molar-refractivity contribution >= 4 is 12.0 Å². The fraction of sp³-hybridized carbons (Fsp3) is 0.636. The number of alkyl halides is 2. The number of nitrogens with two attached hydrogens (primary N) is 1. The molecule has 1 aromatic carbocycles. The number of halogens is 2. The Morgan fingerprint density at radius 3 is 2.52 bits per heavy atom. The molecule has 2 unspecified atom stereocenters. The molecule has 2 atom stereocenters. The van der Waals surface area contributed by atoms with E-state index in [4.69, 9.17) is 15.2 Å². The van der Waals surface area contributed by atoms with Gasteiger partial charge in [0.15, 0.2) is 11.5 Å². The van der Waals surface area contributed by atoms with E-state index in [9.17, 15) is 18.4 Å². The summed E-state index contributed by atoms with van der Waals surface area (Å²) in [6, 6.07) is 4.44. The molecule has 2 amide bonds. The summed E-state index contributed by atoms with van der Waals surface area (Å²) in [6.07, 6.45) is 2.14. The molecule has 9 heteroatoms. The van der Waals surface area contributed by atoms with Crippen molar-refractivity contribution in [2.75, 3.05) is 13.2 Å². The zero-order chi connectivity index (χ0) is 22.8. The van der Waals surface area contributed by atoms with Gasteiger partial charge in [0.1, 0.15) is 5.60 Å². The van der Waals surface area contributed by atoms with Gasteiger partial charge in [-0.1, -0.05) is 6.07 Å². The Bertz CT molecular complexity index is 808. The minimum Gasteiger partial charge on any atom is -0.489 e. The standard InChI is InChI=1S/C22H30F2N2O5/c1-22(2,3)31-21(28)26-11-15(8-16(26)10-19(25)27)14-6-7-17(30-20(23)24)18(9-14)29-12-13-4-5-13/h6-7,9,13,15-16,20H,4-5,8,10-12H2,1-3H3,(H2,25,27). The highest BCUT2D eigenvalue weighted by atomic mass is 19.3. The molecule has 2 fully saturated rings. The summed E-state index contributed by atoms with van der Waals surface area (Å²) in [5.41, 5.74) is 5.52. The Morgan fingerprint density at radius 2 is 1.94 bits per heavy atom. The van der Waals surface area contributed by atoms with Gasteiger partial charge in [0.25, 0.3) is 0 Å². The monoisotopic (exact) mass is 440 g/mol. The summed E-state index contributed by atoms with van der Waals surface area (Å²) in [7, 11) is 0. The molecule has 2 aliphatic rings. The lowest BCUT2D eigenvalue weighted by Crippen LogP contribution is -2.41. The summed E-state index contributed by atoms with van der Waals surface area (Å²) in [4.78, 5) is 25.7. The largest absolute Gasteiger partial charge is 0.489 e. The van der Waals surface area contributed by atoms with E-state index in [1.165, 1.54) is 11.0 Å². The number of hydrogen-bond donors (Lipinski definition) is 1. The third kappa shape index (κ3) is 6.70. The zero-order valence-corrected chi connectivity index (χ0v) is 18.1. The molecular formula is C22H30F2N2O5. The van der Waals surface area contributed by atoms with Gasteiger partial charge in [-0.3, -0.25) is 4.79 Å². The highest BCUT2D eigenvalue weighted by molar-refractivity contribution is 5.76. The van der Waals surface area contributed by atoms with Crippen molar-refractivity contribution in [3.63, 3.8) is 0 Å². The summed E-state index contributed by atoms with van der Waals surface area (Å²) in [6.45, 7) is 3.13. The second-order valence-electron chi connectivity index (χ2n) is 9.23. The molecule has 3 rings (SSSR count). The first-order chi connectivity index (χ1) is 14.5. The minimum absolute atomic E-state index is 0.0184. The smallest absolute Gasteiger partial charge is 0.410 e. The first-order valence-corrected chi connectivity index (χ1v) is 10.5. The highest BCUT2D eigenvalue weighted by Gasteiger charge is 2.39. The van der Waals surface area contributed by atoms with Crippen LogP contribution in [0.15, 0.2) is 18.2 Å². The third-order valence-corrected chi connectivity index (χ3v) is 5.31. The molecule has 0 spiro atoms. The van der Waals surface area contributed by atoms with E-state index >= 15 is 0 Å². The van der Waals surface area contributed by atoms with Gasteiger partial charge >= 0.3 is 12.7 Å². The van der Waals surface area contributed by atoms with Crippen molar-refractivity contribution in [1.29, 1.82) is 0 Å². The maximum absolute atomic E-state index is 12.8. The first-order valence-electron chi connectivity index (χ1n) is 10.5. The van der Waals surface area contributed by atoms with Gasteiger partial charge in [0.05, 0.1) is 6.61 Å². The number of rotatable bonds is 8. The topological polar surface area (TPSA) is 91.1 Å². The lowest BCUT2D eigenvalue weighted by atomic mass is 9.95. The van der Waals surface area contributed by atoms with E-state index in [2.05, 4.69) is 4.74 Å². The average Bonchev–Trinajstić information content (AvgIpc) is 3.37. The fourth-order valence-electron chi connectivity index (χ4n) is 3.70. The number of benzene rings is 1. The Labute approximate surface area is 180 Å². The van der Waals surface area contributed by atoms with E-state index in [1.54, 1.807) is 32.9 Å². The number of carbonyl (C=O) groups is 2. The van der Waals surface area contributed by atoms with Gasteiger partial charge in [0.2, 0.25) is 5.91 Å². The summed E-state index contributed by atoms with van der Waals surface area (Å²) >= 11 is 0. The van der Waals surface area contributed by atoms with Crippen LogP contribution in [0.25, 0.3) is 0 Å². The second-order valence-corrected chi connectivity index (χ2v) is 9.23. The van der Waals surface area contributed by atoms with Gasteiger partial charge in [0, 0.05) is 24.9 Å². The number of ether oxygens (including phenoxy) is 3. The predicted octanol–water partition coefficient (Wildman–Crippen LogP) is 4.05. The lowest BCUT2D eigenvalue weighted by molar-refractivity contribution is -0.118. The molecule has 1 aromatic rings. The van der Waals surface area contributed by atoms with Crippen LogP contribution in [0.4, 0.5) is 13.6 Å². The summed E-state index contributed by atoms with van der Waals surface area (Å²) < 4.78 is 41.4. The summed E-state index contributed by atoms with van der Waals surface area (Å²) in [5.74, 6) is 0.0492. The van der Waals surface area contributed by atoms with Crippen molar-refractivity contribution in [3.05, 3.63) is 23.8 Å². The van der Waals surface area contributed by atoms with Crippen LogP contribution in [0.1, 0.15) is 57.9 Å². The number of primary amides is 1. The van der Waals surface area contributed by atoms with Gasteiger partial charge < -0.3 is 24.8 Å². The highest BCUT2D eigenvalue weighted by Crippen LogP contribution is 2.39. The van der Waals surface area contributed by atoms with Crippen LogP contribution in [0.2, 0.25) is 0 Å². The molecule has 1 aliphatic carbocycles. The van der Waals surface area contributed by atoms with Crippen LogP contribution in [0.5, 0.6) is 11.5 Å². The fourth-order valence-corrected chi connectivity index (χ4v) is 3.70. The quantitative estimate of drug-likeness (QED) is 0.659. The molecule has 0 radical (unpaired) electrons. The third-order valence-electron chi connectivity index (χ3n) is 5.31. The molecule has 7 nitrogen and oxygen atoms in total. The van der Waals surface area contributed by atoms with Gasteiger partial charge in [-0.05, 0) is 63.6 Å². The van der Waals surface area contributed by atoms with E-state index in [0.717, 1.165) is 18.4 Å². The number of nitrogens with zero attached hydrogens (tertiary/aromatic N) is 1. The van der Waals surface area contributed by atoms with Gasteiger partial charge in [-0.15, -0.1) is 0 Å².